The molecule has 6 rings (SSSR count). The van der Waals surface area contributed by atoms with Gasteiger partial charge in [0.1, 0.15) is 17.3 Å². The van der Waals surface area contributed by atoms with Crippen LogP contribution in [0.3, 0.4) is 0 Å². The fraction of sp³-hybridized carbons (Fsp3) is 0.567. The van der Waals surface area contributed by atoms with E-state index < -0.39 is 28.2 Å². The monoisotopic (exact) mass is 490 g/mol. The lowest BCUT2D eigenvalue weighted by molar-refractivity contribution is -0.181. The smallest absolute Gasteiger partial charge is 0.374 e. The number of aldehydes is 1. The van der Waals surface area contributed by atoms with Crippen molar-refractivity contribution in [2.24, 2.45) is 45.8 Å². The molecule has 1 aromatic heterocycles. The Hall–Kier alpha value is -2.89. The number of allylic oxidation sites excluding steroid dienone is 1. The average Bonchev–Trinajstić information content (AvgIpc) is 3.56. The number of carbonyl (C=O) groups excluding carboxylic acids is 2. The van der Waals surface area contributed by atoms with Gasteiger partial charge >= 0.3 is 11.9 Å². The predicted molar refractivity (Wildman–Crippen MR) is 133 cm³/mol. The lowest BCUT2D eigenvalue weighted by Gasteiger charge is -2.58. The molecule has 0 radical (unpaired) electrons. The third-order valence-electron chi connectivity index (χ3n) is 10.5. The van der Waals surface area contributed by atoms with Crippen molar-refractivity contribution in [1.82, 2.24) is 0 Å². The fourth-order valence-corrected chi connectivity index (χ4v) is 9.31. The third kappa shape index (κ3) is 2.65. The second kappa shape index (κ2) is 7.80. The number of para-hydroxylation sites is 1. The highest BCUT2D eigenvalue weighted by molar-refractivity contribution is 5.93. The molecule has 4 aliphatic rings. The van der Waals surface area contributed by atoms with Gasteiger partial charge in [0.05, 0.1) is 12.0 Å². The standard InChI is InChI=1S/C30H34O6/c1-17(2)23-13-20-14-29(16-31)22-9-8-18(3)21(22)15-28(20,30(23,29)27(33)34)10-11-35-26(32)25-12-19-6-4-5-7-24(19)36-25/h4-7,12-13,16-18,20-22H,8-11,14-15H2,1-3H3,(H,33,34)/t18-,20?,21?,22?,28?,29?,30?/m1/s1. The van der Waals surface area contributed by atoms with E-state index in [0.29, 0.717) is 30.3 Å². The van der Waals surface area contributed by atoms with Crippen molar-refractivity contribution in [1.29, 1.82) is 0 Å². The second-order valence-corrected chi connectivity index (χ2v) is 12.0. The minimum atomic E-state index is -1.24. The maximum absolute atomic E-state index is 13.4. The molecule has 0 aliphatic heterocycles. The van der Waals surface area contributed by atoms with Crippen LogP contribution in [0.15, 0.2) is 46.4 Å². The van der Waals surface area contributed by atoms with Crippen LogP contribution >= 0.6 is 0 Å². The summed E-state index contributed by atoms with van der Waals surface area (Å²) in [5.74, 6) is -0.378. The van der Waals surface area contributed by atoms with Crippen molar-refractivity contribution in [2.75, 3.05) is 6.61 Å². The molecule has 6 nitrogen and oxygen atoms in total. The van der Waals surface area contributed by atoms with Gasteiger partial charge in [-0.15, -0.1) is 0 Å². The summed E-state index contributed by atoms with van der Waals surface area (Å²) in [6.45, 7) is 6.42. The van der Waals surface area contributed by atoms with Crippen molar-refractivity contribution < 1.29 is 28.6 Å². The van der Waals surface area contributed by atoms with Crippen LogP contribution in [0, 0.1) is 45.8 Å². The molecule has 1 N–H and O–H groups in total. The van der Waals surface area contributed by atoms with Crippen LogP contribution in [0.2, 0.25) is 0 Å². The van der Waals surface area contributed by atoms with E-state index in [0.717, 1.165) is 36.5 Å². The van der Waals surface area contributed by atoms with E-state index in [4.69, 9.17) is 9.15 Å². The molecule has 4 aliphatic carbocycles. The number of furan rings is 1. The Kier molecular flexibility index (Phi) is 5.09. The van der Waals surface area contributed by atoms with Crippen molar-refractivity contribution in [3.63, 3.8) is 0 Å². The van der Waals surface area contributed by atoms with Gasteiger partial charge < -0.3 is 19.1 Å². The molecule has 3 fully saturated rings. The Balaban J connectivity index is 1.36. The summed E-state index contributed by atoms with van der Waals surface area (Å²) >= 11 is 0. The highest BCUT2D eigenvalue weighted by Gasteiger charge is 2.83. The number of aliphatic carboxylic acids is 1. The summed E-state index contributed by atoms with van der Waals surface area (Å²) in [5.41, 5.74) is -1.24. The predicted octanol–water partition coefficient (Wildman–Crippen LogP) is 5.90. The molecule has 36 heavy (non-hydrogen) atoms. The largest absolute Gasteiger partial charge is 0.481 e. The highest BCUT2D eigenvalue weighted by atomic mass is 16.5. The summed E-state index contributed by atoms with van der Waals surface area (Å²) in [6.07, 6.45) is 6.92. The number of ether oxygens (including phenoxy) is 1. The van der Waals surface area contributed by atoms with Crippen LogP contribution in [0.4, 0.5) is 0 Å². The van der Waals surface area contributed by atoms with Crippen LogP contribution in [-0.4, -0.2) is 29.9 Å². The molecule has 190 valence electrons. The number of carboxylic acid groups (broad SMARTS) is 1. The molecule has 7 atom stereocenters. The van der Waals surface area contributed by atoms with Gasteiger partial charge in [-0.05, 0) is 67.4 Å². The van der Waals surface area contributed by atoms with Gasteiger partial charge in [0.2, 0.25) is 5.76 Å². The number of esters is 1. The Morgan fingerprint density at radius 2 is 2.00 bits per heavy atom. The number of carboxylic acids is 1. The van der Waals surface area contributed by atoms with Crippen LogP contribution < -0.4 is 0 Å². The van der Waals surface area contributed by atoms with Crippen molar-refractivity contribution in [3.8, 4) is 0 Å². The van der Waals surface area contributed by atoms with E-state index in [2.05, 4.69) is 13.0 Å². The van der Waals surface area contributed by atoms with Gasteiger partial charge in [0.15, 0.2) is 0 Å². The zero-order valence-corrected chi connectivity index (χ0v) is 21.2. The van der Waals surface area contributed by atoms with Crippen molar-refractivity contribution in [2.45, 2.75) is 52.9 Å². The molecule has 3 saturated carbocycles. The first-order valence-corrected chi connectivity index (χ1v) is 13.3. The first kappa shape index (κ1) is 23.5. The van der Waals surface area contributed by atoms with Gasteiger partial charge in [0, 0.05) is 10.8 Å². The molecule has 1 heterocycles. The van der Waals surface area contributed by atoms with Gasteiger partial charge in [-0.1, -0.05) is 57.0 Å². The minimum absolute atomic E-state index is 0.00102. The van der Waals surface area contributed by atoms with Crippen LogP contribution in [0.1, 0.15) is 63.4 Å². The lowest BCUT2D eigenvalue weighted by Crippen LogP contribution is -2.62. The minimum Gasteiger partial charge on any atom is -0.481 e. The van der Waals surface area contributed by atoms with Gasteiger partial charge in [-0.3, -0.25) is 4.79 Å². The molecule has 4 bridgehead atoms. The van der Waals surface area contributed by atoms with Gasteiger partial charge in [-0.25, -0.2) is 4.79 Å². The second-order valence-electron chi connectivity index (χ2n) is 12.0. The third-order valence-corrected chi connectivity index (χ3v) is 10.5. The summed E-state index contributed by atoms with van der Waals surface area (Å²) in [6, 6.07) is 9.08. The Morgan fingerprint density at radius 1 is 1.22 bits per heavy atom. The number of carbonyl (C=O) groups is 3. The number of hydrogen-bond donors (Lipinski definition) is 1. The molecule has 6 unspecified atom stereocenters. The topological polar surface area (TPSA) is 93.8 Å². The molecule has 1 aromatic carbocycles. The number of hydrogen-bond acceptors (Lipinski definition) is 5. The zero-order chi connectivity index (χ0) is 25.5. The van der Waals surface area contributed by atoms with E-state index in [-0.39, 0.29) is 30.1 Å². The maximum atomic E-state index is 13.4. The Bertz CT molecular complexity index is 1250. The van der Waals surface area contributed by atoms with Crippen LogP contribution in [0.25, 0.3) is 11.0 Å². The van der Waals surface area contributed by atoms with E-state index in [1.165, 1.54) is 0 Å². The molecular weight excluding hydrogens is 456 g/mol. The summed E-state index contributed by atoms with van der Waals surface area (Å²) < 4.78 is 11.4. The zero-order valence-electron chi connectivity index (χ0n) is 21.2. The van der Waals surface area contributed by atoms with Crippen LogP contribution in [-0.2, 0) is 14.3 Å². The Labute approximate surface area is 211 Å². The fourth-order valence-electron chi connectivity index (χ4n) is 9.31. The molecule has 2 aromatic rings. The van der Waals surface area contributed by atoms with E-state index in [1.54, 1.807) is 12.1 Å². The maximum Gasteiger partial charge on any atom is 0.374 e. The van der Waals surface area contributed by atoms with E-state index >= 15 is 0 Å². The SMILES string of the molecule is CC(C)C1=CC2CC3(C=O)C4CC[C@@H](C)C4CC2(CCOC(=O)c2cc4ccccc4o2)C13C(=O)O. The molecule has 0 amide bonds. The summed E-state index contributed by atoms with van der Waals surface area (Å²) in [4.78, 5) is 39.4. The molecule has 6 heteroatoms. The first-order valence-electron chi connectivity index (χ1n) is 13.3. The van der Waals surface area contributed by atoms with Crippen LogP contribution in [0.5, 0.6) is 0 Å². The first-order chi connectivity index (χ1) is 17.2. The quantitative estimate of drug-likeness (QED) is 0.295. The van der Waals surface area contributed by atoms with E-state index in [9.17, 15) is 19.5 Å². The van der Waals surface area contributed by atoms with Gasteiger partial charge in [-0.2, -0.15) is 0 Å². The summed E-state index contributed by atoms with van der Waals surface area (Å²) in [5, 5.41) is 11.8. The van der Waals surface area contributed by atoms with Gasteiger partial charge in [0.25, 0.3) is 0 Å². The molecule has 0 spiro atoms. The van der Waals surface area contributed by atoms with E-state index in [1.807, 2.05) is 32.0 Å². The average molecular weight is 491 g/mol. The summed E-state index contributed by atoms with van der Waals surface area (Å²) in [7, 11) is 0. The van der Waals surface area contributed by atoms with Crippen molar-refractivity contribution >= 4 is 29.2 Å². The number of rotatable bonds is 7. The molecular formula is C30H34O6. The molecule has 0 saturated heterocycles. The normalized spacial score (nSPS) is 38.3. The number of benzene rings is 1. The lowest BCUT2D eigenvalue weighted by atomic mass is 9.42. The van der Waals surface area contributed by atoms with Crippen molar-refractivity contribution in [3.05, 3.63) is 47.7 Å². The highest BCUT2D eigenvalue weighted by Crippen LogP contribution is 2.83. The number of fused-ring (bicyclic) bond motifs is 3. The Morgan fingerprint density at radius 3 is 2.69 bits per heavy atom.